The van der Waals surface area contributed by atoms with E-state index >= 15 is 0 Å². The van der Waals surface area contributed by atoms with Gasteiger partial charge in [-0.05, 0) is 19.8 Å². The van der Waals surface area contributed by atoms with Crippen LogP contribution in [0, 0.1) is 6.92 Å². The lowest BCUT2D eigenvalue weighted by Crippen LogP contribution is -2.27. The molecule has 0 bridgehead atoms. The first-order valence-electron chi connectivity index (χ1n) is 8.84. The summed E-state index contributed by atoms with van der Waals surface area (Å²) in [6, 6.07) is 2.01. The second-order valence-electron chi connectivity index (χ2n) is 6.43. The molecule has 4 rings (SSSR count). The van der Waals surface area contributed by atoms with E-state index in [2.05, 4.69) is 36.3 Å². The largest absolute Gasteiger partial charge is 0.385 e. The maximum absolute atomic E-state index is 12.5. The molecule has 3 heterocycles. The molecule has 1 aliphatic carbocycles. The van der Waals surface area contributed by atoms with Gasteiger partial charge in [-0.1, -0.05) is 0 Å². The zero-order valence-electron chi connectivity index (χ0n) is 15.7. The highest BCUT2D eigenvalue weighted by molar-refractivity contribution is 7.16. The molecule has 146 valence electrons. The topological polar surface area (TPSA) is 125 Å². The van der Waals surface area contributed by atoms with Gasteiger partial charge in [0.1, 0.15) is 5.00 Å². The van der Waals surface area contributed by atoms with E-state index in [1.54, 1.807) is 20.2 Å². The summed E-state index contributed by atoms with van der Waals surface area (Å²) in [6.45, 7) is 1.83. The minimum absolute atomic E-state index is 0.207. The van der Waals surface area contributed by atoms with Crippen LogP contribution in [0.4, 0.5) is 16.5 Å². The van der Waals surface area contributed by atoms with Crippen LogP contribution in [0.2, 0.25) is 0 Å². The third-order valence-corrected chi connectivity index (χ3v) is 5.19. The van der Waals surface area contributed by atoms with Crippen molar-refractivity contribution in [2.75, 3.05) is 24.7 Å². The fourth-order valence-electron chi connectivity index (χ4n) is 2.76. The van der Waals surface area contributed by atoms with Gasteiger partial charge in [-0.15, -0.1) is 16.4 Å². The van der Waals surface area contributed by atoms with Gasteiger partial charge < -0.3 is 21.3 Å². The average Bonchev–Trinajstić information content (AvgIpc) is 3.26. The summed E-state index contributed by atoms with van der Waals surface area (Å²) in [5.74, 6) is -0.0283. The number of carbonyl (C=O) groups excluding carboxylic acids is 2. The van der Waals surface area contributed by atoms with Crippen molar-refractivity contribution in [3.05, 3.63) is 28.7 Å². The Hall–Kier alpha value is -3.21. The van der Waals surface area contributed by atoms with Gasteiger partial charge in [-0.3, -0.25) is 9.59 Å². The van der Waals surface area contributed by atoms with E-state index in [0.29, 0.717) is 33.5 Å². The van der Waals surface area contributed by atoms with Gasteiger partial charge in [0, 0.05) is 26.2 Å². The molecule has 1 fully saturated rings. The Balaban J connectivity index is 1.73. The van der Waals surface area contributed by atoms with E-state index in [4.69, 9.17) is 0 Å². The molecule has 4 N–H and O–H groups in total. The van der Waals surface area contributed by atoms with Crippen molar-refractivity contribution in [2.24, 2.45) is 0 Å². The number of amides is 2. The van der Waals surface area contributed by atoms with Gasteiger partial charge in [0.15, 0.2) is 22.9 Å². The Labute approximate surface area is 164 Å². The number of hydrogen-bond donors (Lipinski definition) is 4. The number of fused-ring (bicyclic) bond motifs is 1. The fourth-order valence-corrected chi connectivity index (χ4v) is 3.58. The molecule has 0 atom stereocenters. The molecule has 0 aromatic carbocycles. The van der Waals surface area contributed by atoms with Crippen LogP contribution in [-0.2, 0) is 0 Å². The van der Waals surface area contributed by atoms with Crippen LogP contribution in [0.5, 0.6) is 0 Å². The maximum Gasteiger partial charge on any atom is 0.272 e. The summed E-state index contributed by atoms with van der Waals surface area (Å²) < 4.78 is 1.50. The smallest absolute Gasteiger partial charge is 0.272 e. The molecule has 2 amide bonds. The van der Waals surface area contributed by atoms with Crippen LogP contribution in [0.3, 0.4) is 0 Å². The zero-order chi connectivity index (χ0) is 19.8. The normalized spacial score (nSPS) is 13.4. The molecule has 10 nitrogen and oxygen atoms in total. The number of nitrogens with one attached hydrogen (secondary N) is 4. The molecule has 3 aromatic rings. The SMILES string of the molecule is CNC(=O)c1nc(C)sc1Nc1cc(NC)c2ncc(C(=O)NC3CC3)n2n1. The van der Waals surface area contributed by atoms with Crippen LogP contribution in [-0.4, -0.2) is 51.5 Å². The van der Waals surface area contributed by atoms with Crippen molar-refractivity contribution < 1.29 is 9.59 Å². The summed E-state index contributed by atoms with van der Waals surface area (Å²) >= 11 is 1.35. The van der Waals surface area contributed by atoms with Crippen LogP contribution in [0.1, 0.15) is 38.8 Å². The third-order valence-electron chi connectivity index (χ3n) is 4.30. The van der Waals surface area contributed by atoms with Gasteiger partial charge in [-0.25, -0.2) is 14.5 Å². The quantitative estimate of drug-likeness (QED) is 0.494. The minimum atomic E-state index is -0.283. The molecular formula is C17H20N8O2S. The van der Waals surface area contributed by atoms with E-state index in [9.17, 15) is 9.59 Å². The second-order valence-corrected chi connectivity index (χ2v) is 7.64. The van der Waals surface area contributed by atoms with E-state index in [1.165, 1.54) is 22.0 Å². The van der Waals surface area contributed by atoms with Crippen LogP contribution >= 0.6 is 11.3 Å². The summed E-state index contributed by atoms with van der Waals surface area (Å²) in [7, 11) is 3.32. The molecule has 3 aromatic heterocycles. The maximum atomic E-state index is 12.5. The molecule has 1 aliphatic rings. The highest BCUT2D eigenvalue weighted by Gasteiger charge is 2.26. The number of imidazole rings is 1. The van der Waals surface area contributed by atoms with E-state index in [-0.39, 0.29) is 17.9 Å². The van der Waals surface area contributed by atoms with Crippen molar-refractivity contribution in [3.63, 3.8) is 0 Å². The second kappa shape index (κ2) is 7.08. The number of aromatic nitrogens is 4. The summed E-state index contributed by atoms with van der Waals surface area (Å²) in [4.78, 5) is 33.2. The van der Waals surface area contributed by atoms with Crippen molar-refractivity contribution in [1.29, 1.82) is 0 Å². The molecule has 28 heavy (non-hydrogen) atoms. The summed E-state index contributed by atoms with van der Waals surface area (Å²) in [5.41, 5.74) is 1.90. The molecule has 1 saturated carbocycles. The lowest BCUT2D eigenvalue weighted by molar-refractivity contribution is 0.0940. The predicted octanol–water partition coefficient (Wildman–Crippen LogP) is 1.53. The number of rotatable bonds is 6. The van der Waals surface area contributed by atoms with Gasteiger partial charge >= 0.3 is 0 Å². The fraction of sp³-hybridized carbons (Fsp3) is 0.353. The van der Waals surface area contributed by atoms with Gasteiger partial charge in [-0.2, -0.15) is 0 Å². The monoisotopic (exact) mass is 400 g/mol. The Morgan fingerprint density at radius 3 is 2.71 bits per heavy atom. The molecule has 0 radical (unpaired) electrons. The highest BCUT2D eigenvalue weighted by atomic mass is 32.1. The molecular weight excluding hydrogens is 380 g/mol. The number of carbonyl (C=O) groups is 2. The van der Waals surface area contributed by atoms with Crippen molar-refractivity contribution >= 4 is 45.3 Å². The molecule has 11 heteroatoms. The lowest BCUT2D eigenvalue weighted by Gasteiger charge is -2.10. The lowest BCUT2D eigenvalue weighted by atomic mass is 10.4. The minimum Gasteiger partial charge on any atom is -0.385 e. The number of hydrogen-bond acceptors (Lipinski definition) is 8. The Kier molecular flexibility index (Phi) is 4.59. The molecule has 0 spiro atoms. The first kappa shape index (κ1) is 18.2. The zero-order valence-corrected chi connectivity index (χ0v) is 16.5. The molecule has 0 unspecified atom stereocenters. The third kappa shape index (κ3) is 3.36. The molecule has 0 aliphatic heterocycles. The number of thiazole rings is 1. The Morgan fingerprint density at radius 2 is 2.04 bits per heavy atom. The predicted molar refractivity (Wildman–Crippen MR) is 107 cm³/mol. The first-order chi connectivity index (χ1) is 13.5. The highest BCUT2D eigenvalue weighted by Crippen LogP contribution is 2.29. The molecule has 0 saturated heterocycles. The Morgan fingerprint density at radius 1 is 1.25 bits per heavy atom. The number of anilines is 3. The van der Waals surface area contributed by atoms with Crippen LogP contribution in [0.25, 0.3) is 5.65 Å². The van der Waals surface area contributed by atoms with Crippen molar-refractivity contribution in [2.45, 2.75) is 25.8 Å². The summed E-state index contributed by atoms with van der Waals surface area (Å²) in [5, 5.41) is 17.6. The van der Waals surface area contributed by atoms with Crippen molar-refractivity contribution in [3.8, 4) is 0 Å². The number of nitrogens with zero attached hydrogens (tertiary/aromatic N) is 4. The first-order valence-corrected chi connectivity index (χ1v) is 9.65. The van der Waals surface area contributed by atoms with Gasteiger partial charge in [0.05, 0.1) is 16.9 Å². The van der Waals surface area contributed by atoms with Gasteiger partial charge in [0.25, 0.3) is 11.8 Å². The van der Waals surface area contributed by atoms with Crippen LogP contribution < -0.4 is 21.3 Å². The van der Waals surface area contributed by atoms with E-state index in [0.717, 1.165) is 17.8 Å². The van der Waals surface area contributed by atoms with E-state index in [1.807, 2.05) is 6.92 Å². The van der Waals surface area contributed by atoms with Crippen LogP contribution in [0.15, 0.2) is 12.3 Å². The standard InChI is InChI=1S/C17H20N8O2S/c1-8-21-13(16(27)19-3)17(28-8)23-12-6-10(18-2)14-20-7-11(25(14)24-12)15(26)22-9-4-5-9/h6-7,9,18H,4-5H2,1-3H3,(H,19,27)(H,22,26)(H,23,24). The van der Waals surface area contributed by atoms with Gasteiger partial charge in [0.2, 0.25) is 0 Å². The Bertz CT molecular complexity index is 1070. The average molecular weight is 400 g/mol. The number of aryl methyl sites for hydroxylation is 1. The summed E-state index contributed by atoms with van der Waals surface area (Å²) in [6.07, 6.45) is 3.51. The van der Waals surface area contributed by atoms with Crippen molar-refractivity contribution in [1.82, 2.24) is 30.2 Å². The van der Waals surface area contributed by atoms with E-state index < -0.39 is 0 Å².